The highest BCUT2D eigenvalue weighted by atomic mass is 28.4. The van der Waals surface area contributed by atoms with E-state index in [1.807, 2.05) is 13.1 Å². The van der Waals surface area contributed by atoms with Crippen molar-refractivity contribution in [3.8, 4) is 0 Å². The topological polar surface area (TPSA) is 40.0 Å². The molecule has 0 saturated carbocycles. The number of halogens is 3. The Hall–Kier alpha value is -1.02. The number of hydrogen-bond acceptors (Lipinski definition) is 4. The maximum absolute atomic E-state index is 13.0. The summed E-state index contributed by atoms with van der Waals surface area (Å²) in [5.41, 5.74) is -0.914. The molecule has 0 amide bonds. The van der Waals surface area contributed by atoms with Crippen LogP contribution in [-0.4, -0.2) is 32.6 Å². The normalized spacial score (nSPS) is 29.0. The third-order valence-electron chi connectivity index (χ3n) is 4.83. The first-order valence-corrected chi connectivity index (χ1v) is 10.6. The van der Waals surface area contributed by atoms with Gasteiger partial charge in [0.1, 0.15) is 0 Å². The molecule has 2 heterocycles. The Morgan fingerprint density at radius 2 is 1.96 bits per heavy atom. The van der Waals surface area contributed by atoms with Crippen molar-refractivity contribution in [1.82, 2.24) is 0 Å². The number of hydrogen-bond donors (Lipinski definition) is 0. The van der Waals surface area contributed by atoms with E-state index in [2.05, 4.69) is 25.9 Å². The van der Waals surface area contributed by atoms with Gasteiger partial charge in [0.25, 0.3) is 0 Å². The molecule has 132 valence electrons. The van der Waals surface area contributed by atoms with Crippen LogP contribution in [0, 0.1) is 5.92 Å². The van der Waals surface area contributed by atoms with Gasteiger partial charge in [0.2, 0.25) is 5.79 Å². The van der Waals surface area contributed by atoms with Gasteiger partial charge in [0.15, 0.2) is 14.0 Å². The molecule has 2 aliphatic rings. The molecule has 0 aromatic heterocycles. The fourth-order valence-corrected chi connectivity index (χ4v) is 3.83. The molecule has 0 N–H and O–H groups in total. The van der Waals surface area contributed by atoms with Crippen molar-refractivity contribution in [3.05, 3.63) is 12.3 Å². The van der Waals surface area contributed by atoms with E-state index in [1.54, 1.807) is 6.08 Å². The zero-order valence-corrected chi connectivity index (χ0v) is 15.2. The van der Waals surface area contributed by atoms with Gasteiger partial charge in [-0.3, -0.25) is 0 Å². The Morgan fingerprint density at radius 3 is 2.52 bits per heavy atom. The summed E-state index contributed by atoms with van der Waals surface area (Å²) in [6.45, 7) is 10.4. The molecule has 0 fully saturated rings. The van der Waals surface area contributed by atoms with Gasteiger partial charge in [0.05, 0.1) is 18.8 Å². The Labute approximate surface area is 135 Å². The van der Waals surface area contributed by atoms with Gasteiger partial charge in [0, 0.05) is 12.8 Å². The summed E-state index contributed by atoms with van der Waals surface area (Å²) < 4.78 is 50.6. The number of rotatable bonds is 2. The summed E-state index contributed by atoms with van der Waals surface area (Å²) in [6.07, 6.45) is -1.23. The van der Waals surface area contributed by atoms with Crippen molar-refractivity contribution in [1.29, 1.82) is 0 Å². The van der Waals surface area contributed by atoms with E-state index < -0.39 is 31.9 Å². The zero-order valence-electron chi connectivity index (χ0n) is 14.2. The lowest BCUT2D eigenvalue weighted by molar-refractivity contribution is -0.237. The summed E-state index contributed by atoms with van der Waals surface area (Å²) in [6, 6.07) is 0. The Bertz CT molecular complexity index is 511. The fraction of sp³-hybridized carbons (Fsp3) is 0.800. The van der Waals surface area contributed by atoms with Crippen molar-refractivity contribution in [3.63, 3.8) is 0 Å². The maximum atomic E-state index is 13.0. The van der Waals surface area contributed by atoms with Crippen LogP contribution in [-0.2, 0) is 14.0 Å². The van der Waals surface area contributed by atoms with E-state index in [4.69, 9.17) is 14.0 Å². The van der Waals surface area contributed by atoms with Crippen molar-refractivity contribution < 1.29 is 27.2 Å². The van der Waals surface area contributed by atoms with Crippen LogP contribution < -0.4 is 0 Å². The van der Waals surface area contributed by atoms with Crippen LogP contribution in [0.4, 0.5) is 13.2 Å². The monoisotopic (exact) mass is 351 g/mol. The SMILES string of the molecule is CC(C)(C)[Si](C)(C)O[C@@]12CC=COC[C@H]1CC(C(F)(F)F)=NO2. The number of alkyl halides is 3. The predicted octanol–water partition coefficient (Wildman–Crippen LogP) is 4.59. The molecule has 23 heavy (non-hydrogen) atoms. The van der Waals surface area contributed by atoms with Gasteiger partial charge in [-0.2, -0.15) is 13.2 Å². The second-order valence-corrected chi connectivity index (χ2v) is 12.3. The second-order valence-electron chi connectivity index (χ2n) is 7.61. The van der Waals surface area contributed by atoms with Crippen LogP contribution in [0.5, 0.6) is 0 Å². The molecule has 4 nitrogen and oxygen atoms in total. The summed E-state index contributed by atoms with van der Waals surface area (Å²) in [5, 5.41) is 3.27. The molecule has 2 aliphatic heterocycles. The van der Waals surface area contributed by atoms with Crippen LogP contribution in [0.25, 0.3) is 0 Å². The largest absolute Gasteiger partial charge is 0.501 e. The van der Waals surface area contributed by atoms with E-state index >= 15 is 0 Å². The molecule has 0 aromatic rings. The fourth-order valence-electron chi connectivity index (χ4n) is 2.37. The number of ether oxygens (including phenoxy) is 1. The van der Waals surface area contributed by atoms with Gasteiger partial charge >= 0.3 is 6.18 Å². The maximum Gasteiger partial charge on any atom is 0.432 e. The van der Waals surface area contributed by atoms with Gasteiger partial charge in [-0.05, 0) is 24.2 Å². The molecular weight excluding hydrogens is 327 g/mol. The molecule has 0 unspecified atom stereocenters. The van der Waals surface area contributed by atoms with Crippen LogP contribution in [0.3, 0.4) is 0 Å². The lowest BCUT2D eigenvalue weighted by Gasteiger charge is -2.47. The van der Waals surface area contributed by atoms with Crippen LogP contribution in [0.15, 0.2) is 17.5 Å². The summed E-state index contributed by atoms with van der Waals surface area (Å²) >= 11 is 0. The predicted molar refractivity (Wildman–Crippen MR) is 83.4 cm³/mol. The zero-order chi connectivity index (χ0) is 17.5. The highest BCUT2D eigenvalue weighted by Crippen LogP contribution is 2.46. The van der Waals surface area contributed by atoms with Crippen molar-refractivity contribution >= 4 is 14.0 Å². The van der Waals surface area contributed by atoms with Gasteiger partial charge in [-0.25, -0.2) is 0 Å². The average Bonchev–Trinajstić information content (AvgIpc) is 2.56. The molecule has 8 heteroatoms. The molecule has 0 saturated heterocycles. The minimum atomic E-state index is -4.50. The molecule has 0 aliphatic carbocycles. The van der Waals surface area contributed by atoms with E-state index in [0.717, 1.165) is 0 Å². The second kappa shape index (κ2) is 5.80. The van der Waals surface area contributed by atoms with Crippen molar-refractivity contribution in [2.45, 2.75) is 63.7 Å². The molecule has 0 bridgehead atoms. The third-order valence-corrected chi connectivity index (χ3v) is 9.29. The van der Waals surface area contributed by atoms with E-state index in [1.165, 1.54) is 6.26 Å². The Balaban J connectivity index is 2.35. The van der Waals surface area contributed by atoms with Crippen LogP contribution in [0.1, 0.15) is 33.6 Å². The molecule has 2 atom stereocenters. The number of nitrogens with zero attached hydrogens (tertiary/aromatic N) is 1. The van der Waals surface area contributed by atoms with Gasteiger partial charge in [-0.1, -0.05) is 25.9 Å². The van der Waals surface area contributed by atoms with Crippen molar-refractivity contribution in [2.75, 3.05) is 6.61 Å². The molecule has 2 rings (SSSR count). The first-order chi connectivity index (χ1) is 10.4. The van der Waals surface area contributed by atoms with Crippen LogP contribution in [0.2, 0.25) is 18.1 Å². The first-order valence-electron chi connectivity index (χ1n) is 7.66. The lowest BCUT2D eigenvalue weighted by atomic mass is 9.90. The highest BCUT2D eigenvalue weighted by molar-refractivity contribution is 6.74. The third kappa shape index (κ3) is 3.73. The summed E-state index contributed by atoms with van der Waals surface area (Å²) in [4.78, 5) is 5.37. The summed E-state index contributed by atoms with van der Waals surface area (Å²) in [7, 11) is -2.27. The molecule has 0 radical (unpaired) electrons. The minimum absolute atomic E-state index is 0.0967. The smallest absolute Gasteiger partial charge is 0.432 e. The minimum Gasteiger partial charge on any atom is -0.501 e. The Kier molecular flexibility index (Phi) is 4.62. The lowest BCUT2D eigenvalue weighted by Crippen LogP contribution is -2.56. The van der Waals surface area contributed by atoms with Gasteiger partial charge < -0.3 is 14.0 Å². The van der Waals surface area contributed by atoms with E-state index in [0.29, 0.717) is 6.42 Å². The van der Waals surface area contributed by atoms with E-state index in [-0.39, 0.29) is 18.1 Å². The van der Waals surface area contributed by atoms with E-state index in [9.17, 15) is 13.2 Å². The van der Waals surface area contributed by atoms with Crippen LogP contribution >= 0.6 is 0 Å². The number of fused-ring (bicyclic) bond motifs is 1. The molecule has 0 spiro atoms. The number of oxime groups is 1. The first kappa shape index (κ1) is 18.3. The standard InChI is InChI=1S/C15H24F3NO3Si/c1-13(2,3)23(4,5)22-14-7-6-8-20-10-11(14)9-12(19-21-14)15(16,17)18/h6,8,11H,7,9-10H2,1-5H3/t11-,14+/m1/s1. The molecular formula is C15H24F3NO3Si. The quantitative estimate of drug-likeness (QED) is 0.683. The molecule has 0 aromatic carbocycles. The van der Waals surface area contributed by atoms with Gasteiger partial charge in [-0.15, -0.1) is 0 Å². The highest BCUT2D eigenvalue weighted by Gasteiger charge is 2.55. The summed E-state index contributed by atoms with van der Waals surface area (Å²) in [5.74, 6) is -1.74. The average molecular weight is 351 g/mol. The Morgan fingerprint density at radius 1 is 1.30 bits per heavy atom. The van der Waals surface area contributed by atoms with Crippen molar-refractivity contribution in [2.24, 2.45) is 11.1 Å².